The van der Waals surface area contributed by atoms with E-state index < -0.39 is 41.2 Å². The van der Waals surface area contributed by atoms with E-state index in [9.17, 15) is 34.2 Å². The first kappa shape index (κ1) is 62.7. The van der Waals surface area contributed by atoms with Crippen LogP contribution in [0.3, 0.4) is 0 Å². The zero-order valence-corrected chi connectivity index (χ0v) is 49.9. The van der Waals surface area contributed by atoms with Crippen LogP contribution in [0, 0.1) is 18.2 Å². The molecular weight excluding hydrogens is 1120 g/mol. The normalized spacial score (nSPS) is 16.2. The summed E-state index contributed by atoms with van der Waals surface area (Å²) in [6.45, 7) is 16.2. The van der Waals surface area contributed by atoms with Gasteiger partial charge in [0.05, 0.1) is 72.9 Å². The molecule has 84 heavy (non-hydrogen) atoms. The van der Waals surface area contributed by atoms with Crippen LogP contribution in [0.2, 0.25) is 5.02 Å². The maximum absolute atomic E-state index is 17.0. The molecule has 5 N–H and O–H groups in total. The van der Waals surface area contributed by atoms with Gasteiger partial charge >= 0.3 is 0 Å². The van der Waals surface area contributed by atoms with Crippen molar-refractivity contribution in [2.75, 3.05) is 103 Å². The molecule has 2 aliphatic rings. The lowest BCUT2D eigenvalue weighted by molar-refractivity contribution is -0.144. The summed E-state index contributed by atoms with van der Waals surface area (Å²) in [7, 11) is 1.66. The molecule has 20 nitrogen and oxygen atoms in total. The summed E-state index contributed by atoms with van der Waals surface area (Å²) in [6, 6.07) is 17.6. The first-order valence-corrected chi connectivity index (χ1v) is 29.4. The zero-order chi connectivity index (χ0) is 60.2. The van der Waals surface area contributed by atoms with E-state index in [2.05, 4.69) is 32.5 Å². The van der Waals surface area contributed by atoms with Crippen LogP contribution >= 0.6 is 22.9 Å². The lowest BCUT2D eigenvalue weighted by Crippen LogP contribution is -2.58. The van der Waals surface area contributed by atoms with Gasteiger partial charge in [-0.1, -0.05) is 87.5 Å². The van der Waals surface area contributed by atoms with Crippen LogP contribution in [0.5, 0.6) is 5.75 Å². The number of aliphatic hydroxyl groups is 1. The number of aryl methyl sites for hydroxylation is 1. The Kier molecular flexibility index (Phi) is 21.3. The van der Waals surface area contributed by atoms with Gasteiger partial charge < -0.3 is 60.0 Å². The second-order valence-corrected chi connectivity index (χ2v) is 23.3. The van der Waals surface area contributed by atoms with E-state index in [0.29, 0.717) is 60.3 Å². The van der Waals surface area contributed by atoms with Gasteiger partial charge in [0.25, 0.3) is 0 Å². The van der Waals surface area contributed by atoms with Gasteiger partial charge in [-0.05, 0) is 71.0 Å². The van der Waals surface area contributed by atoms with E-state index in [-0.39, 0.29) is 124 Å². The number of benzene rings is 4. The Balaban J connectivity index is 0.740. The Bertz CT molecular complexity index is 3340. The minimum absolute atomic E-state index is 0.00968. The molecule has 6 aromatic rings. The van der Waals surface area contributed by atoms with E-state index in [1.165, 1.54) is 21.9 Å². The number of phenolic OH excluding ortho intramolecular Hbond substituents is 1. The number of phenols is 1. The molecule has 0 spiro atoms. The summed E-state index contributed by atoms with van der Waals surface area (Å²) in [5.74, 6) is -1.87. The molecular formula is C61H74ClFN10O10S. The zero-order valence-electron chi connectivity index (χ0n) is 48.3. The second kappa shape index (κ2) is 28.5. The number of ether oxygens (including phenoxy) is 3. The predicted molar refractivity (Wildman–Crippen MR) is 322 cm³/mol. The number of fused-ring (bicyclic) bond motifs is 2. The number of aromatic hydroxyl groups is 1. The van der Waals surface area contributed by atoms with Crippen LogP contribution in [-0.2, 0) is 38.2 Å². The third-order valence-electron chi connectivity index (χ3n) is 14.9. The number of nitrogens with one attached hydrogen (secondary N) is 3. The molecule has 4 aromatic carbocycles. The fourth-order valence-electron chi connectivity index (χ4n) is 10.3. The summed E-state index contributed by atoms with van der Waals surface area (Å²) in [6.07, 6.45) is 0.485. The molecule has 0 saturated carbocycles. The monoisotopic (exact) mass is 1190 g/mol. The molecule has 2 saturated heterocycles. The number of hydrogen-bond acceptors (Lipinski definition) is 16. The van der Waals surface area contributed by atoms with Gasteiger partial charge in [0.2, 0.25) is 35.5 Å². The van der Waals surface area contributed by atoms with Crippen molar-refractivity contribution in [3.05, 3.63) is 107 Å². The quantitative estimate of drug-likeness (QED) is 0.0279. The molecule has 5 amide bonds. The van der Waals surface area contributed by atoms with Crippen molar-refractivity contribution in [1.29, 1.82) is 0 Å². The van der Waals surface area contributed by atoms with Crippen molar-refractivity contribution in [3.63, 3.8) is 0 Å². The number of likely N-dealkylation sites (tertiary alicyclic amines) is 1. The minimum atomic E-state index is -0.975. The standard InChI is InChI=1S/C61H74ClFN10O10S/c1-8-50(77)71-20-22-72(23-21-71)57-46-34-47(62)52(45-32-42(74)31-41-11-9-10-12-44(41)45)53(63)54(46)68-60(69-57)64-19-17-51(78)70(7)24-26-82-28-30-83-29-27-81-25-18-49(76)67-56(61(4,5)6)59(80)73-35-43(75)33-48(73)58(79)66-37(2)39-13-15-40(16-14-39)55-38(3)65-36-84-55/h8-16,31-32,34,36-37,43,48,56,74-75H,1,17-30,33,35H2,2-7H3,(H,66,79)(H,67,76)(H,64,68,69). The third kappa shape index (κ3) is 15.5. The number of nitrogens with zero attached hydrogens (tertiary/aromatic N) is 7. The molecule has 2 aliphatic heterocycles. The fraction of sp³-hybridized carbons (Fsp3) is 0.443. The van der Waals surface area contributed by atoms with Crippen molar-refractivity contribution in [1.82, 2.24) is 40.3 Å². The average Bonchev–Trinajstić information content (AvgIpc) is 1.19. The molecule has 2 aromatic heterocycles. The van der Waals surface area contributed by atoms with Crippen LogP contribution in [0.1, 0.15) is 64.3 Å². The molecule has 2 fully saturated rings. The van der Waals surface area contributed by atoms with Crippen LogP contribution in [0.15, 0.2) is 84.9 Å². The second-order valence-electron chi connectivity index (χ2n) is 22.0. The van der Waals surface area contributed by atoms with E-state index in [0.717, 1.165) is 21.7 Å². The van der Waals surface area contributed by atoms with Gasteiger partial charge in [-0.2, -0.15) is 4.98 Å². The maximum Gasteiger partial charge on any atom is 0.246 e. The number of hydrogen-bond donors (Lipinski definition) is 5. The van der Waals surface area contributed by atoms with Crippen molar-refractivity contribution in [2.24, 2.45) is 5.41 Å². The summed E-state index contributed by atoms with van der Waals surface area (Å²) in [5, 5.41) is 32.1. The largest absolute Gasteiger partial charge is 0.508 e. The highest BCUT2D eigenvalue weighted by Gasteiger charge is 2.45. The third-order valence-corrected chi connectivity index (χ3v) is 16.2. The van der Waals surface area contributed by atoms with Gasteiger partial charge in [-0.3, -0.25) is 24.0 Å². The summed E-state index contributed by atoms with van der Waals surface area (Å²) >= 11 is 8.45. The highest BCUT2D eigenvalue weighted by atomic mass is 35.5. The summed E-state index contributed by atoms with van der Waals surface area (Å²) in [5.41, 5.74) is 4.40. The Hall–Kier alpha value is -7.34. The number of amides is 5. The molecule has 4 atom stereocenters. The van der Waals surface area contributed by atoms with E-state index in [4.69, 9.17) is 30.8 Å². The van der Waals surface area contributed by atoms with Gasteiger partial charge in [-0.25, -0.2) is 14.4 Å². The molecule has 4 heterocycles. The van der Waals surface area contributed by atoms with Gasteiger partial charge in [0.1, 0.15) is 29.2 Å². The van der Waals surface area contributed by atoms with E-state index >= 15 is 4.39 Å². The molecule has 0 radical (unpaired) electrons. The highest BCUT2D eigenvalue weighted by molar-refractivity contribution is 7.13. The minimum Gasteiger partial charge on any atom is -0.508 e. The number of carbonyl (C=O) groups is 5. The van der Waals surface area contributed by atoms with Crippen LogP contribution in [-0.4, -0.2) is 180 Å². The van der Waals surface area contributed by atoms with Crippen molar-refractivity contribution in [3.8, 4) is 27.3 Å². The van der Waals surface area contributed by atoms with E-state index in [1.807, 2.05) is 88.0 Å². The number of anilines is 2. The number of carbonyl (C=O) groups excluding carboxylic acids is 5. The van der Waals surface area contributed by atoms with Gasteiger partial charge in [0, 0.05) is 83.1 Å². The molecule has 0 bridgehead atoms. The van der Waals surface area contributed by atoms with Crippen molar-refractivity contribution in [2.45, 2.75) is 78.1 Å². The number of rotatable bonds is 25. The first-order chi connectivity index (χ1) is 40.2. The van der Waals surface area contributed by atoms with Crippen LogP contribution < -0.4 is 20.9 Å². The average molecular weight is 1190 g/mol. The number of β-amino-alcohol motifs (C(OH)–C–C–N with tert-alkyl or cyclic N) is 1. The Labute approximate surface area is 497 Å². The maximum atomic E-state index is 17.0. The molecule has 23 heteroatoms. The number of piperazine rings is 1. The Morgan fingerprint density at radius 1 is 0.917 bits per heavy atom. The number of aliphatic hydroxyl groups excluding tert-OH is 1. The molecule has 0 aliphatic carbocycles. The summed E-state index contributed by atoms with van der Waals surface area (Å²) < 4.78 is 34.0. The van der Waals surface area contributed by atoms with Gasteiger partial charge in [0.15, 0.2) is 5.82 Å². The van der Waals surface area contributed by atoms with Crippen LogP contribution in [0.4, 0.5) is 16.2 Å². The Morgan fingerprint density at radius 3 is 2.29 bits per heavy atom. The van der Waals surface area contributed by atoms with E-state index in [1.54, 1.807) is 40.9 Å². The number of aromatic nitrogens is 3. The van der Waals surface area contributed by atoms with Gasteiger partial charge in [-0.15, -0.1) is 11.3 Å². The van der Waals surface area contributed by atoms with Crippen LogP contribution in [0.25, 0.3) is 43.2 Å². The SMILES string of the molecule is C=CC(=O)N1CCN(c2nc(NCCC(=O)N(C)CCOCCOCCOCCC(=O)NC(C(=O)N3CC(O)CC3C(=O)NC(C)c3ccc(-c4scnc4C)cc3)C(C)(C)C)nc3c(F)c(-c4cc(O)cc5ccccc45)c(Cl)cc23)CC1. The number of thiazole rings is 1. The molecule has 4 unspecified atom stereocenters. The number of halogens is 2. The topological polar surface area (TPSA) is 241 Å². The smallest absolute Gasteiger partial charge is 0.246 e. The number of likely N-dealkylation sites (N-methyl/N-ethyl adjacent to an activating group) is 1. The lowest BCUT2D eigenvalue weighted by Gasteiger charge is -2.35. The summed E-state index contributed by atoms with van der Waals surface area (Å²) in [4.78, 5) is 87.9. The fourth-order valence-corrected chi connectivity index (χ4v) is 11.4. The molecule has 8 rings (SSSR count). The Morgan fingerprint density at radius 2 is 1.61 bits per heavy atom. The van der Waals surface area contributed by atoms with Crippen molar-refractivity contribution < 1.29 is 52.8 Å². The first-order valence-electron chi connectivity index (χ1n) is 28.1. The highest BCUT2D eigenvalue weighted by Crippen LogP contribution is 2.42. The predicted octanol–water partition coefficient (Wildman–Crippen LogP) is 7.29. The molecule has 448 valence electrons. The lowest BCUT2D eigenvalue weighted by atomic mass is 9.85. The van der Waals surface area contributed by atoms with Crippen molar-refractivity contribution >= 4 is 85.9 Å².